The summed E-state index contributed by atoms with van der Waals surface area (Å²) in [4.78, 5) is 38.3. The quantitative estimate of drug-likeness (QED) is 0.809. The molecule has 0 saturated carbocycles. The van der Waals surface area contributed by atoms with Gasteiger partial charge in [-0.05, 0) is 51.7 Å². The maximum Gasteiger partial charge on any atom is 0.330 e. The predicted octanol–water partition coefficient (Wildman–Crippen LogP) is 3.23. The Balaban J connectivity index is 1.52. The number of aromatic nitrogens is 2. The van der Waals surface area contributed by atoms with Gasteiger partial charge in [0.1, 0.15) is 5.82 Å². The number of nitrogens with zero attached hydrogens (tertiary/aromatic N) is 3. The van der Waals surface area contributed by atoms with Crippen LogP contribution in [0.25, 0.3) is 11.4 Å². The fraction of sp³-hybridized carbons (Fsp3) is 0.455. The number of halogens is 1. The van der Waals surface area contributed by atoms with Crippen LogP contribution in [0.1, 0.15) is 44.0 Å². The topological polar surface area (TPSA) is 84.4 Å². The van der Waals surface area contributed by atoms with Crippen molar-refractivity contribution in [1.29, 1.82) is 0 Å². The van der Waals surface area contributed by atoms with E-state index in [1.165, 1.54) is 24.5 Å². The minimum absolute atomic E-state index is 0.183. The fourth-order valence-corrected chi connectivity index (χ4v) is 3.09. The Hall–Kier alpha value is -2.87. The number of hydrogen-bond donors (Lipinski definition) is 1. The molecule has 8 heteroatoms. The Kier molecular flexibility index (Phi) is 6.77. The van der Waals surface area contributed by atoms with Crippen LogP contribution < -0.4 is 5.32 Å². The molecule has 1 aliphatic heterocycles. The summed E-state index contributed by atoms with van der Waals surface area (Å²) >= 11 is 0. The van der Waals surface area contributed by atoms with Crippen molar-refractivity contribution in [2.75, 3.05) is 19.6 Å². The van der Waals surface area contributed by atoms with Crippen molar-refractivity contribution in [2.45, 2.75) is 33.6 Å². The van der Waals surface area contributed by atoms with Crippen molar-refractivity contribution in [3.63, 3.8) is 0 Å². The normalized spacial score (nSPS) is 17.4. The van der Waals surface area contributed by atoms with Gasteiger partial charge in [0.2, 0.25) is 0 Å². The lowest BCUT2D eigenvalue weighted by Gasteiger charge is -2.32. The van der Waals surface area contributed by atoms with E-state index in [1.54, 1.807) is 17.2 Å². The van der Waals surface area contributed by atoms with Gasteiger partial charge in [0.05, 0.1) is 11.0 Å². The Morgan fingerprint density at radius 3 is 2.67 bits per heavy atom. The lowest BCUT2D eigenvalue weighted by Crippen LogP contribution is -2.43. The van der Waals surface area contributed by atoms with E-state index in [4.69, 9.17) is 4.84 Å². The number of rotatable bonds is 5. The second-order valence-electron chi connectivity index (χ2n) is 8.54. The van der Waals surface area contributed by atoms with E-state index in [1.807, 2.05) is 20.8 Å². The molecule has 2 heterocycles. The highest BCUT2D eigenvalue weighted by Gasteiger charge is 2.29. The number of hydrogen-bond acceptors (Lipinski definition) is 6. The zero-order valence-electron chi connectivity index (χ0n) is 17.5. The molecule has 1 aromatic heterocycles. The molecular weight excluding hydrogens is 387 g/mol. The van der Waals surface area contributed by atoms with Gasteiger partial charge in [-0.25, -0.2) is 19.2 Å². The molecule has 1 atom stereocenters. The highest BCUT2D eigenvalue weighted by Crippen LogP contribution is 2.21. The van der Waals surface area contributed by atoms with Crippen molar-refractivity contribution in [2.24, 2.45) is 11.3 Å². The molecule has 0 radical (unpaired) electrons. The summed E-state index contributed by atoms with van der Waals surface area (Å²) in [6.45, 7) is 7.20. The summed E-state index contributed by atoms with van der Waals surface area (Å²) in [5, 5.41) is 4.58. The van der Waals surface area contributed by atoms with E-state index in [0.717, 1.165) is 12.8 Å². The Labute approximate surface area is 175 Å². The molecule has 160 valence electrons. The van der Waals surface area contributed by atoms with Gasteiger partial charge in [0.15, 0.2) is 5.82 Å². The third-order valence-electron chi connectivity index (χ3n) is 4.85. The highest BCUT2D eigenvalue weighted by molar-refractivity contribution is 5.93. The maximum absolute atomic E-state index is 13.3. The molecule has 1 aromatic carbocycles. The van der Waals surface area contributed by atoms with Gasteiger partial charge in [-0.3, -0.25) is 4.79 Å². The first-order valence-electron chi connectivity index (χ1n) is 10.1. The van der Waals surface area contributed by atoms with Gasteiger partial charge in [-0.2, -0.15) is 0 Å². The van der Waals surface area contributed by atoms with Crippen molar-refractivity contribution in [1.82, 2.24) is 20.3 Å². The summed E-state index contributed by atoms with van der Waals surface area (Å²) in [7, 11) is 0. The van der Waals surface area contributed by atoms with Crippen LogP contribution in [-0.4, -0.2) is 46.5 Å². The molecule has 7 nitrogen and oxygen atoms in total. The standard InChI is InChI=1S/C22H27FN4O3/c1-22(2,3)21(29)30-27-9-5-6-15(14-27)11-26-20(28)17-12-24-19(25-13-17)16-7-4-8-18(23)10-16/h4,7-8,10,12-13,15H,5-6,9,11,14H2,1-3H3,(H,26,28). The predicted molar refractivity (Wildman–Crippen MR) is 110 cm³/mol. The largest absolute Gasteiger partial charge is 0.367 e. The van der Waals surface area contributed by atoms with Crippen molar-refractivity contribution in [3.05, 3.63) is 48.0 Å². The minimum Gasteiger partial charge on any atom is -0.367 e. The molecule has 1 N–H and O–H groups in total. The van der Waals surface area contributed by atoms with Crippen molar-refractivity contribution in [3.8, 4) is 11.4 Å². The molecule has 1 amide bonds. The van der Waals surface area contributed by atoms with Crippen LogP contribution in [0, 0.1) is 17.2 Å². The van der Waals surface area contributed by atoms with Gasteiger partial charge in [-0.1, -0.05) is 12.1 Å². The summed E-state index contributed by atoms with van der Waals surface area (Å²) in [6, 6.07) is 5.98. The number of piperidine rings is 1. The highest BCUT2D eigenvalue weighted by atomic mass is 19.1. The summed E-state index contributed by atoms with van der Waals surface area (Å²) in [5.41, 5.74) is 0.329. The smallest absolute Gasteiger partial charge is 0.330 e. The van der Waals surface area contributed by atoms with E-state index >= 15 is 0 Å². The monoisotopic (exact) mass is 414 g/mol. The third-order valence-corrected chi connectivity index (χ3v) is 4.85. The van der Waals surface area contributed by atoms with Crippen LogP contribution in [0.3, 0.4) is 0 Å². The number of hydroxylamine groups is 2. The average Bonchev–Trinajstić information content (AvgIpc) is 2.72. The van der Waals surface area contributed by atoms with Crippen LogP contribution in [-0.2, 0) is 9.63 Å². The van der Waals surface area contributed by atoms with Crippen LogP contribution >= 0.6 is 0 Å². The molecular formula is C22H27FN4O3. The first kappa shape index (κ1) is 21.8. The molecule has 3 rings (SSSR count). The number of carbonyl (C=O) groups is 2. The van der Waals surface area contributed by atoms with Crippen molar-refractivity contribution < 1.29 is 18.8 Å². The number of carbonyl (C=O) groups excluding carboxylic acids is 2. The van der Waals surface area contributed by atoms with Gasteiger partial charge in [0, 0.05) is 37.6 Å². The number of nitrogens with one attached hydrogen (secondary N) is 1. The summed E-state index contributed by atoms with van der Waals surface area (Å²) in [6.07, 6.45) is 4.70. The average molecular weight is 414 g/mol. The maximum atomic E-state index is 13.3. The molecule has 1 saturated heterocycles. The second-order valence-corrected chi connectivity index (χ2v) is 8.54. The molecule has 30 heavy (non-hydrogen) atoms. The van der Waals surface area contributed by atoms with Crippen LogP contribution in [0.2, 0.25) is 0 Å². The SMILES string of the molecule is CC(C)(C)C(=O)ON1CCCC(CNC(=O)c2cnc(-c3cccc(F)c3)nc2)C1. The van der Waals surface area contributed by atoms with Crippen LogP contribution in [0.4, 0.5) is 4.39 Å². The van der Waals surface area contributed by atoms with Gasteiger partial charge >= 0.3 is 5.97 Å². The van der Waals surface area contributed by atoms with Crippen LogP contribution in [0.15, 0.2) is 36.7 Å². The molecule has 0 bridgehead atoms. The zero-order valence-corrected chi connectivity index (χ0v) is 17.5. The second kappa shape index (κ2) is 9.30. The van der Waals surface area contributed by atoms with E-state index in [0.29, 0.717) is 36.6 Å². The summed E-state index contributed by atoms with van der Waals surface area (Å²) < 4.78 is 13.3. The van der Waals surface area contributed by atoms with Crippen molar-refractivity contribution >= 4 is 11.9 Å². The van der Waals surface area contributed by atoms with Gasteiger partial charge in [0.25, 0.3) is 5.91 Å². The molecule has 1 aliphatic rings. The van der Waals surface area contributed by atoms with Gasteiger partial charge < -0.3 is 10.2 Å². The van der Waals surface area contributed by atoms with E-state index in [-0.39, 0.29) is 23.6 Å². The first-order valence-corrected chi connectivity index (χ1v) is 10.1. The van der Waals surface area contributed by atoms with Crippen LogP contribution in [0.5, 0.6) is 0 Å². The third kappa shape index (κ3) is 5.82. The molecule has 1 unspecified atom stereocenters. The molecule has 2 aromatic rings. The molecule has 1 fully saturated rings. The Bertz CT molecular complexity index is 896. The molecule has 0 spiro atoms. The van der Waals surface area contributed by atoms with E-state index < -0.39 is 5.41 Å². The van der Waals surface area contributed by atoms with E-state index in [9.17, 15) is 14.0 Å². The number of benzene rings is 1. The lowest BCUT2D eigenvalue weighted by molar-refractivity contribution is -0.207. The Morgan fingerprint density at radius 1 is 1.27 bits per heavy atom. The Morgan fingerprint density at radius 2 is 2.00 bits per heavy atom. The zero-order chi connectivity index (χ0) is 21.7. The lowest BCUT2D eigenvalue weighted by atomic mass is 9.97. The first-order chi connectivity index (χ1) is 14.2. The summed E-state index contributed by atoms with van der Waals surface area (Å²) in [5.74, 6) is -0.363. The minimum atomic E-state index is -0.557. The molecule has 0 aliphatic carbocycles. The number of amides is 1. The van der Waals surface area contributed by atoms with Gasteiger partial charge in [-0.15, -0.1) is 5.06 Å². The van der Waals surface area contributed by atoms with E-state index in [2.05, 4.69) is 15.3 Å². The fourth-order valence-electron chi connectivity index (χ4n) is 3.09.